The standard InChI is InChI=1S/C17H18N2O5S2/c20-16(19-21)17(7-11-24-12-8-17)26(22,23)15-3-1-13(2-4-15)25-14-5-9-18-10-6-14/h1-6,9-10,21H,7-8,11-12H2,(H,19,20). The average molecular weight is 394 g/mol. The Morgan fingerprint density at radius 1 is 1.08 bits per heavy atom. The van der Waals surface area contributed by atoms with Crippen molar-refractivity contribution < 1.29 is 23.2 Å². The lowest BCUT2D eigenvalue weighted by molar-refractivity contribution is -0.134. The highest BCUT2D eigenvalue weighted by atomic mass is 32.2. The van der Waals surface area contributed by atoms with Crippen molar-refractivity contribution in [2.75, 3.05) is 13.2 Å². The number of sulfone groups is 1. The van der Waals surface area contributed by atoms with E-state index in [0.717, 1.165) is 9.79 Å². The van der Waals surface area contributed by atoms with E-state index in [9.17, 15) is 13.2 Å². The van der Waals surface area contributed by atoms with Crippen LogP contribution in [0.5, 0.6) is 0 Å². The van der Waals surface area contributed by atoms with E-state index in [1.165, 1.54) is 29.4 Å². The molecule has 138 valence electrons. The molecule has 1 aliphatic rings. The Kier molecular flexibility index (Phi) is 5.61. The SMILES string of the molecule is O=C(NO)C1(S(=O)(=O)c2ccc(Sc3ccncc3)cc2)CCOCC1. The summed E-state index contributed by atoms with van der Waals surface area (Å²) in [6.45, 7) is 0.283. The van der Waals surface area contributed by atoms with Crippen molar-refractivity contribution in [1.29, 1.82) is 0 Å². The number of hydrogen-bond acceptors (Lipinski definition) is 7. The molecule has 7 nitrogen and oxygen atoms in total. The maximum Gasteiger partial charge on any atom is 0.265 e. The molecule has 9 heteroatoms. The van der Waals surface area contributed by atoms with E-state index >= 15 is 0 Å². The Morgan fingerprint density at radius 3 is 2.23 bits per heavy atom. The molecule has 1 aromatic carbocycles. The zero-order valence-corrected chi connectivity index (χ0v) is 15.4. The number of ether oxygens (including phenoxy) is 1. The zero-order chi connectivity index (χ0) is 18.6. The fourth-order valence-electron chi connectivity index (χ4n) is 2.88. The number of amides is 1. The normalized spacial score (nSPS) is 16.8. The molecule has 0 saturated carbocycles. The Labute approximate surface area is 155 Å². The number of carbonyl (C=O) groups is 1. The monoisotopic (exact) mass is 394 g/mol. The summed E-state index contributed by atoms with van der Waals surface area (Å²) in [5.74, 6) is -0.920. The molecule has 3 rings (SSSR count). The molecule has 26 heavy (non-hydrogen) atoms. The molecule has 0 unspecified atom stereocenters. The van der Waals surface area contributed by atoms with Crippen molar-refractivity contribution in [1.82, 2.24) is 10.5 Å². The number of hydroxylamine groups is 1. The van der Waals surface area contributed by atoms with Crippen LogP contribution in [0.3, 0.4) is 0 Å². The van der Waals surface area contributed by atoms with Crippen LogP contribution < -0.4 is 5.48 Å². The van der Waals surface area contributed by atoms with Crippen molar-refractivity contribution in [3.05, 3.63) is 48.8 Å². The zero-order valence-electron chi connectivity index (χ0n) is 13.8. The molecule has 2 N–H and O–H groups in total. The minimum atomic E-state index is -4.00. The molecule has 2 aromatic rings. The molecule has 0 bridgehead atoms. The quantitative estimate of drug-likeness (QED) is 0.591. The summed E-state index contributed by atoms with van der Waals surface area (Å²) in [7, 11) is -4.00. The summed E-state index contributed by atoms with van der Waals surface area (Å²) in [6.07, 6.45) is 3.36. The fourth-order valence-corrected chi connectivity index (χ4v) is 5.62. The maximum atomic E-state index is 13.1. The molecular weight excluding hydrogens is 376 g/mol. The number of hydrogen-bond donors (Lipinski definition) is 2. The van der Waals surface area contributed by atoms with Gasteiger partial charge in [0.15, 0.2) is 14.6 Å². The maximum absolute atomic E-state index is 13.1. The van der Waals surface area contributed by atoms with E-state index < -0.39 is 20.5 Å². The van der Waals surface area contributed by atoms with Crippen molar-refractivity contribution in [2.45, 2.75) is 32.3 Å². The third-order valence-electron chi connectivity index (χ3n) is 4.35. The Morgan fingerprint density at radius 2 is 1.65 bits per heavy atom. The van der Waals surface area contributed by atoms with Gasteiger partial charge in [-0.1, -0.05) is 11.8 Å². The van der Waals surface area contributed by atoms with Gasteiger partial charge >= 0.3 is 0 Å². The number of aromatic nitrogens is 1. The Balaban J connectivity index is 1.90. The van der Waals surface area contributed by atoms with Crippen LogP contribution in [0.1, 0.15) is 12.8 Å². The first kappa shape index (κ1) is 18.8. The predicted molar refractivity (Wildman–Crippen MR) is 94.7 cm³/mol. The van der Waals surface area contributed by atoms with Crippen LogP contribution in [0, 0.1) is 0 Å². The molecule has 2 heterocycles. The lowest BCUT2D eigenvalue weighted by Crippen LogP contribution is -2.54. The third kappa shape index (κ3) is 3.48. The third-order valence-corrected chi connectivity index (χ3v) is 7.88. The summed E-state index contributed by atoms with van der Waals surface area (Å²) >= 11 is 1.48. The van der Waals surface area contributed by atoms with Gasteiger partial charge in [-0.3, -0.25) is 15.0 Å². The average Bonchev–Trinajstić information content (AvgIpc) is 2.69. The summed E-state index contributed by atoms with van der Waals surface area (Å²) in [6, 6.07) is 10.1. The first-order chi connectivity index (χ1) is 12.5. The van der Waals surface area contributed by atoms with Gasteiger partial charge in [0.1, 0.15) is 0 Å². The largest absolute Gasteiger partial charge is 0.381 e. The minimum absolute atomic E-state index is 0.00472. The lowest BCUT2D eigenvalue weighted by Gasteiger charge is -2.34. The van der Waals surface area contributed by atoms with Gasteiger partial charge in [0, 0.05) is 35.4 Å². The van der Waals surface area contributed by atoms with E-state index in [1.54, 1.807) is 24.5 Å². The molecule has 0 spiro atoms. The lowest BCUT2D eigenvalue weighted by atomic mass is 9.98. The number of rotatable bonds is 5. The first-order valence-corrected chi connectivity index (χ1v) is 10.2. The second-order valence-corrected chi connectivity index (χ2v) is 9.21. The van der Waals surface area contributed by atoms with Gasteiger partial charge in [-0.15, -0.1) is 0 Å². The molecule has 1 aliphatic heterocycles. The molecule has 0 aliphatic carbocycles. The number of nitrogens with zero attached hydrogens (tertiary/aromatic N) is 1. The fraction of sp³-hybridized carbons (Fsp3) is 0.294. The summed E-state index contributed by atoms with van der Waals surface area (Å²) in [5.41, 5.74) is 1.51. The number of carbonyl (C=O) groups excluding carboxylic acids is 1. The van der Waals surface area contributed by atoms with Crippen molar-refractivity contribution in [3.8, 4) is 0 Å². The molecule has 1 saturated heterocycles. The van der Waals surface area contributed by atoms with Crippen LogP contribution in [0.25, 0.3) is 0 Å². The van der Waals surface area contributed by atoms with E-state index in [0.29, 0.717) is 0 Å². The Hall–Kier alpha value is -1.94. The van der Waals surface area contributed by atoms with Crippen molar-refractivity contribution in [3.63, 3.8) is 0 Å². The highest BCUT2D eigenvalue weighted by molar-refractivity contribution is 7.99. The number of benzene rings is 1. The van der Waals surface area contributed by atoms with Gasteiger partial charge in [0.2, 0.25) is 0 Å². The molecular formula is C17H18N2O5S2. The molecule has 0 radical (unpaired) electrons. The minimum Gasteiger partial charge on any atom is -0.381 e. The van der Waals surface area contributed by atoms with Gasteiger partial charge in [-0.25, -0.2) is 13.9 Å². The second kappa shape index (κ2) is 7.75. The molecule has 1 amide bonds. The van der Waals surface area contributed by atoms with Gasteiger partial charge in [0.25, 0.3) is 5.91 Å². The predicted octanol–water partition coefficient (Wildman–Crippen LogP) is 2.06. The first-order valence-electron chi connectivity index (χ1n) is 7.94. The van der Waals surface area contributed by atoms with Crippen molar-refractivity contribution in [2.24, 2.45) is 0 Å². The van der Waals surface area contributed by atoms with Gasteiger partial charge in [-0.05, 0) is 49.2 Å². The van der Waals surface area contributed by atoms with Crippen LogP contribution in [0.15, 0.2) is 63.5 Å². The van der Waals surface area contributed by atoms with E-state index in [2.05, 4.69) is 4.98 Å². The van der Waals surface area contributed by atoms with Gasteiger partial charge in [0.05, 0.1) is 4.90 Å². The summed E-state index contributed by atoms with van der Waals surface area (Å²) < 4.78 is 29.8. The summed E-state index contributed by atoms with van der Waals surface area (Å²) in [4.78, 5) is 18.1. The highest BCUT2D eigenvalue weighted by Crippen LogP contribution is 2.36. The van der Waals surface area contributed by atoms with Crippen LogP contribution in [-0.4, -0.2) is 42.5 Å². The van der Waals surface area contributed by atoms with Crippen LogP contribution in [-0.2, 0) is 19.4 Å². The molecule has 1 aromatic heterocycles. The van der Waals surface area contributed by atoms with Gasteiger partial charge < -0.3 is 4.74 Å². The number of pyridine rings is 1. The van der Waals surface area contributed by atoms with Gasteiger partial charge in [-0.2, -0.15) is 0 Å². The molecule has 1 fully saturated rings. The second-order valence-electron chi connectivity index (χ2n) is 5.81. The highest BCUT2D eigenvalue weighted by Gasteiger charge is 2.52. The van der Waals surface area contributed by atoms with Crippen LogP contribution in [0.4, 0.5) is 0 Å². The van der Waals surface area contributed by atoms with E-state index in [-0.39, 0.29) is 31.0 Å². The summed E-state index contributed by atoms with van der Waals surface area (Å²) in [5, 5.41) is 9.06. The molecule has 0 atom stereocenters. The van der Waals surface area contributed by atoms with E-state index in [4.69, 9.17) is 9.94 Å². The van der Waals surface area contributed by atoms with Crippen LogP contribution >= 0.6 is 11.8 Å². The van der Waals surface area contributed by atoms with Crippen molar-refractivity contribution >= 4 is 27.5 Å². The Bertz CT molecular complexity index is 864. The topological polar surface area (TPSA) is 106 Å². The smallest absolute Gasteiger partial charge is 0.265 e. The number of nitrogens with one attached hydrogen (secondary N) is 1. The van der Waals surface area contributed by atoms with E-state index in [1.807, 2.05) is 12.1 Å². The van der Waals surface area contributed by atoms with Crippen LogP contribution in [0.2, 0.25) is 0 Å².